The molecule has 60 heavy (non-hydrogen) atoms. The van der Waals surface area contributed by atoms with Gasteiger partial charge >= 0.3 is 15.6 Å². The van der Waals surface area contributed by atoms with E-state index in [1.807, 2.05) is 14.0 Å². The summed E-state index contributed by atoms with van der Waals surface area (Å²) in [5.74, 6) is -2.39. The minimum Gasteiger partial charge on any atom is -0.462 e. The standard InChI is InChI=1S/C35H65FN2O20P2/c1-9-13-20(10-2)22(12-4)30-25(37-6)21(11-3)14-35(54-30,17-50-18-41)55-32-27(43)23(15-39)51-34(29(32)45)53-31-24(16-40)52-33(26(28(31)44)38-19(5)42)56-59(46,48-7)58-60(47,49-8)57-36/h18,20-34,37,39-40,43-45H,9-17H2,1-8H3,(H,38,42)/t20-,21+,22-,23?,24?,25-,26?,27+,28-,29?,30?,31+,32+,33+,34+,35+,59?,60?/m1/s1. The van der Waals surface area contributed by atoms with Gasteiger partial charge in [0.15, 0.2) is 12.6 Å². The van der Waals surface area contributed by atoms with Crippen LogP contribution in [0.3, 0.4) is 0 Å². The number of likely N-dealkylation sites (N-methyl/N-ethyl adjacent to an activating group) is 1. The molecule has 0 bridgehead atoms. The van der Waals surface area contributed by atoms with E-state index >= 15 is 0 Å². The van der Waals surface area contributed by atoms with Gasteiger partial charge in [-0.15, -0.1) is 0 Å². The van der Waals surface area contributed by atoms with Crippen molar-refractivity contribution >= 4 is 28.0 Å². The first-order valence-corrected chi connectivity index (χ1v) is 23.0. The maximum Gasteiger partial charge on any atom is 0.514 e. The molecule has 0 radical (unpaired) electrons. The molecule has 0 saturated carbocycles. The van der Waals surface area contributed by atoms with Crippen LogP contribution < -0.4 is 10.6 Å². The number of phosphoric acid groups is 2. The van der Waals surface area contributed by atoms with E-state index in [1.165, 1.54) is 0 Å². The van der Waals surface area contributed by atoms with Crippen LogP contribution in [0, 0.1) is 17.8 Å². The molecule has 7 N–H and O–H groups in total. The van der Waals surface area contributed by atoms with Gasteiger partial charge < -0.3 is 64.6 Å². The number of amides is 1. The molecule has 0 aliphatic carbocycles. The van der Waals surface area contributed by atoms with Crippen LogP contribution >= 0.6 is 15.6 Å². The van der Waals surface area contributed by atoms with Gasteiger partial charge in [0.05, 0.1) is 19.3 Å². The monoisotopic (exact) mass is 914 g/mol. The van der Waals surface area contributed by atoms with Crippen molar-refractivity contribution in [3.63, 3.8) is 0 Å². The number of aliphatic hydroxyl groups is 5. The average molecular weight is 915 g/mol. The molecule has 22 nitrogen and oxygen atoms in total. The number of carbonyl (C=O) groups excluding carboxylic acids is 2. The number of rotatable bonds is 25. The zero-order chi connectivity index (χ0) is 45.0. The quantitative estimate of drug-likeness (QED) is 0.0502. The lowest BCUT2D eigenvalue weighted by Gasteiger charge is -2.54. The molecule has 25 heteroatoms. The van der Waals surface area contributed by atoms with Crippen molar-refractivity contribution in [2.45, 2.75) is 152 Å². The maximum atomic E-state index is 13.3. The summed E-state index contributed by atoms with van der Waals surface area (Å²) in [6, 6.07) is -1.92. The van der Waals surface area contributed by atoms with Crippen LogP contribution in [0.5, 0.6) is 0 Å². The van der Waals surface area contributed by atoms with Gasteiger partial charge in [-0.2, -0.15) is 4.31 Å². The Hall–Kier alpha value is -1.31. The molecule has 3 aliphatic rings. The number of aliphatic hydroxyl groups excluding tert-OH is 5. The molecule has 7 unspecified atom stereocenters. The number of phosphoric ester groups is 1. The highest BCUT2D eigenvalue weighted by Gasteiger charge is 2.58. The molecule has 0 aromatic carbocycles. The highest BCUT2D eigenvalue weighted by Crippen LogP contribution is 2.66. The Kier molecular flexibility index (Phi) is 21.3. The van der Waals surface area contributed by atoms with Crippen molar-refractivity contribution in [3.05, 3.63) is 0 Å². The van der Waals surface area contributed by atoms with Crippen LogP contribution in [-0.2, 0) is 69.8 Å². The summed E-state index contributed by atoms with van der Waals surface area (Å²) >= 11 is 0. The van der Waals surface area contributed by atoms with Crippen molar-refractivity contribution in [1.82, 2.24) is 10.6 Å². The average Bonchev–Trinajstić information content (AvgIpc) is 3.24. The number of hydrogen-bond acceptors (Lipinski definition) is 21. The number of ether oxygens (including phenoxy) is 6. The summed E-state index contributed by atoms with van der Waals surface area (Å²) in [7, 11) is -7.08. The maximum absolute atomic E-state index is 13.3. The normalized spacial score (nSPS) is 37.9. The van der Waals surface area contributed by atoms with Crippen LogP contribution in [0.1, 0.15) is 73.1 Å². The third kappa shape index (κ3) is 12.7. The Morgan fingerprint density at radius 2 is 1.58 bits per heavy atom. The topological polar surface area (TPSA) is 295 Å². The van der Waals surface area contributed by atoms with Gasteiger partial charge in [-0.05, 0) is 29.3 Å². The van der Waals surface area contributed by atoms with E-state index in [-0.39, 0.29) is 36.7 Å². The lowest BCUT2D eigenvalue weighted by Crippen LogP contribution is -2.69. The van der Waals surface area contributed by atoms with Gasteiger partial charge in [0, 0.05) is 33.6 Å². The summed E-state index contributed by atoms with van der Waals surface area (Å²) in [5, 5.41) is 61.4. The summed E-state index contributed by atoms with van der Waals surface area (Å²) in [6.45, 7) is 7.27. The summed E-state index contributed by atoms with van der Waals surface area (Å²) in [5.41, 5.74) is 0. The first-order valence-electron chi connectivity index (χ1n) is 20.1. The number of hydrogen-bond donors (Lipinski definition) is 7. The predicted octanol–water partition coefficient (Wildman–Crippen LogP) is 1.35. The van der Waals surface area contributed by atoms with E-state index in [1.54, 1.807) is 0 Å². The Bertz CT molecular complexity index is 1420. The highest BCUT2D eigenvalue weighted by molar-refractivity contribution is 7.62. The molecule has 0 aromatic heterocycles. The second-order valence-corrected chi connectivity index (χ2v) is 18.5. The second kappa shape index (κ2) is 24.1. The molecule has 18 atom stereocenters. The smallest absolute Gasteiger partial charge is 0.462 e. The SMILES string of the molecule is CCC[C@@H](CC)[C@@H](CC)C1O[C@](COC=O)(O[C@@H]2C(O)[C@H](O[C@H]3C(CO)O[C@@H](OP(=O)(OC)OP(=O)(OC)OF)C(NC(C)=O)[C@H]3O)OC(CO)[C@@H]2O)C[C@H](CC)[C@H]1NC. The number of carbonyl (C=O) groups is 2. The van der Waals surface area contributed by atoms with Gasteiger partial charge in [0.25, 0.3) is 6.47 Å². The van der Waals surface area contributed by atoms with E-state index in [4.69, 9.17) is 32.9 Å². The van der Waals surface area contributed by atoms with Gasteiger partial charge in [-0.25, -0.2) is 9.13 Å². The van der Waals surface area contributed by atoms with E-state index in [2.05, 4.69) is 49.5 Å². The summed E-state index contributed by atoms with van der Waals surface area (Å²) < 4.78 is 96.6. The van der Waals surface area contributed by atoms with Gasteiger partial charge in [-0.3, -0.25) is 23.2 Å². The van der Waals surface area contributed by atoms with Crippen LogP contribution in [0.4, 0.5) is 4.53 Å². The van der Waals surface area contributed by atoms with Crippen LogP contribution in [0.2, 0.25) is 0 Å². The van der Waals surface area contributed by atoms with Crippen LogP contribution in [0.25, 0.3) is 0 Å². The van der Waals surface area contributed by atoms with Crippen molar-refractivity contribution < 1.29 is 99.8 Å². The highest BCUT2D eigenvalue weighted by atomic mass is 31.3. The lowest BCUT2D eigenvalue weighted by atomic mass is 9.72. The number of nitrogens with one attached hydrogen (secondary N) is 2. The minimum absolute atomic E-state index is 0.0187. The third-order valence-corrected chi connectivity index (χ3v) is 14.5. The fourth-order valence-corrected chi connectivity index (χ4v) is 10.8. The zero-order valence-corrected chi connectivity index (χ0v) is 37.0. The molecule has 3 saturated heterocycles. The Morgan fingerprint density at radius 1 is 0.933 bits per heavy atom. The van der Waals surface area contributed by atoms with Crippen molar-refractivity contribution in [3.8, 4) is 0 Å². The third-order valence-electron chi connectivity index (χ3n) is 11.3. The van der Waals surface area contributed by atoms with E-state index in [9.17, 15) is 48.8 Å². The van der Waals surface area contributed by atoms with E-state index in [0.717, 1.165) is 39.7 Å². The Morgan fingerprint density at radius 3 is 2.08 bits per heavy atom. The zero-order valence-electron chi connectivity index (χ0n) is 35.2. The minimum atomic E-state index is -5.18. The van der Waals surface area contributed by atoms with Crippen LogP contribution in [0.15, 0.2) is 0 Å². The van der Waals surface area contributed by atoms with Crippen LogP contribution in [-0.4, -0.2) is 158 Å². The van der Waals surface area contributed by atoms with Crippen molar-refractivity contribution in [2.75, 3.05) is 41.1 Å². The fourth-order valence-electron chi connectivity index (χ4n) is 8.45. The molecule has 3 rings (SSSR count). The summed E-state index contributed by atoms with van der Waals surface area (Å²) in [4.78, 5) is 24.0. The molecule has 1 amide bonds. The molecular weight excluding hydrogens is 849 g/mol. The first kappa shape index (κ1) is 53.0. The van der Waals surface area contributed by atoms with Gasteiger partial charge in [0.2, 0.25) is 11.7 Å². The molecule has 3 heterocycles. The first-order chi connectivity index (χ1) is 28.5. The van der Waals surface area contributed by atoms with E-state index < -0.39 is 115 Å². The van der Waals surface area contributed by atoms with Crippen molar-refractivity contribution in [1.29, 1.82) is 0 Å². The largest absolute Gasteiger partial charge is 0.514 e. The Balaban J connectivity index is 2.02. The van der Waals surface area contributed by atoms with Gasteiger partial charge in [-0.1, -0.05) is 64.5 Å². The number of halogens is 1. The molecule has 352 valence electrons. The molecule has 3 aliphatic heterocycles. The Labute approximate surface area is 349 Å². The molecule has 0 aromatic rings. The van der Waals surface area contributed by atoms with Gasteiger partial charge in [0.1, 0.15) is 55.4 Å². The van der Waals surface area contributed by atoms with E-state index in [0.29, 0.717) is 13.5 Å². The lowest BCUT2D eigenvalue weighted by molar-refractivity contribution is -0.390. The predicted molar refractivity (Wildman–Crippen MR) is 204 cm³/mol. The summed E-state index contributed by atoms with van der Waals surface area (Å²) in [6.07, 6.45) is -12.4. The molecular formula is C35H65FN2O20P2. The molecule has 3 fully saturated rings. The fraction of sp³-hybridized carbons (Fsp3) is 0.943. The van der Waals surface area contributed by atoms with Crippen molar-refractivity contribution in [2.24, 2.45) is 17.8 Å². The molecule has 0 spiro atoms. The second-order valence-electron chi connectivity index (χ2n) is 15.0.